The van der Waals surface area contributed by atoms with Gasteiger partial charge in [-0.15, -0.1) is 11.3 Å². The first-order chi connectivity index (χ1) is 9.00. The molecule has 0 saturated heterocycles. The summed E-state index contributed by atoms with van der Waals surface area (Å²) in [5.74, 6) is 0.156. The highest BCUT2D eigenvalue weighted by molar-refractivity contribution is 7.09. The summed E-state index contributed by atoms with van der Waals surface area (Å²) in [6.07, 6.45) is -4.46. The second kappa shape index (κ2) is 5.33. The summed E-state index contributed by atoms with van der Waals surface area (Å²) in [7, 11) is 0. The molecule has 0 bridgehead atoms. The third kappa shape index (κ3) is 3.26. The lowest BCUT2D eigenvalue weighted by Crippen LogP contribution is -2.06. The number of nitrogens with zero attached hydrogens (tertiary/aromatic N) is 1. The first-order valence-electron chi connectivity index (χ1n) is 5.27. The summed E-state index contributed by atoms with van der Waals surface area (Å²) >= 11 is 1.48. The van der Waals surface area contributed by atoms with Crippen LogP contribution >= 0.6 is 11.3 Å². The van der Waals surface area contributed by atoms with Crippen LogP contribution in [0.15, 0.2) is 35.7 Å². The Morgan fingerprint density at radius 2 is 2.05 bits per heavy atom. The zero-order chi connectivity index (χ0) is 13.9. The summed E-state index contributed by atoms with van der Waals surface area (Å²) in [4.78, 5) is 0.934. The molecule has 19 heavy (non-hydrogen) atoms. The van der Waals surface area contributed by atoms with Gasteiger partial charge in [0, 0.05) is 4.88 Å². The molecule has 0 saturated carbocycles. The van der Waals surface area contributed by atoms with Gasteiger partial charge >= 0.3 is 6.18 Å². The van der Waals surface area contributed by atoms with Crippen LogP contribution in [-0.4, -0.2) is 0 Å². The molecule has 1 aromatic heterocycles. The molecular weight excluding hydrogens is 275 g/mol. The average molecular weight is 283 g/mol. The molecule has 0 aliphatic heterocycles. The van der Waals surface area contributed by atoms with E-state index in [4.69, 9.17) is 10.00 Å². The summed E-state index contributed by atoms with van der Waals surface area (Å²) in [5, 5.41) is 10.7. The molecule has 2 aromatic rings. The standard InChI is InChI=1S/C13H8F3NOS/c14-13(15,16)10-3-4-12(9(6-10)7-17)18-8-11-2-1-5-19-11/h1-6H,8H2. The van der Waals surface area contributed by atoms with Crippen molar-refractivity contribution in [1.82, 2.24) is 0 Å². The average Bonchev–Trinajstić information content (AvgIpc) is 2.88. The van der Waals surface area contributed by atoms with Crippen LogP contribution in [0.25, 0.3) is 0 Å². The lowest BCUT2D eigenvalue weighted by atomic mass is 10.1. The molecule has 1 heterocycles. The molecule has 6 heteroatoms. The maximum Gasteiger partial charge on any atom is 0.416 e. The molecule has 2 rings (SSSR count). The lowest BCUT2D eigenvalue weighted by molar-refractivity contribution is -0.137. The van der Waals surface area contributed by atoms with Crippen molar-refractivity contribution < 1.29 is 17.9 Å². The van der Waals surface area contributed by atoms with E-state index in [-0.39, 0.29) is 17.9 Å². The fourth-order valence-electron chi connectivity index (χ4n) is 1.46. The fraction of sp³-hybridized carbons (Fsp3) is 0.154. The van der Waals surface area contributed by atoms with Gasteiger partial charge in [-0.3, -0.25) is 0 Å². The van der Waals surface area contributed by atoms with Crippen LogP contribution in [0, 0.1) is 11.3 Å². The van der Waals surface area contributed by atoms with Gasteiger partial charge in [-0.25, -0.2) is 0 Å². The van der Waals surface area contributed by atoms with Gasteiger partial charge in [0.2, 0.25) is 0 Å². The molecule has 0 fully saturated rings. The van der Waals surface area contributed by atoms with Crippen molar-refractivity contribution in [3.63, 3.8) is 0 Å². The highest BCUT2D eigenvalue weighted by atomic mass is 32.1. The molecule has 0 unspecified atom stereocenters. The number of alkyl halides is 3. The normalized spacial score (nSPS) is 11.1. The molecular formula is C13H8F3NOS. The summed E-state index contributed by atoms with van der Waals surface area (Å²) in [5.41, 5.74) is -0.973. The molecule has 0 radical (unpaired) electrons. The fourth-order valence-corrected chi connectivity index (χ4v) is 2.08. The minimum Gasteiger partial charge on any atom is -0.487 e. The first kappa shape index (κ1) is 13.4. The van der Waals surface area contributed by atoms with Crippen LogP contribution in [-0.2, 0) is 12.8 Å². The van der Waals surface area contributed by atoms with Crippen molar-refractivity contribution in [3.05, 3.63) is 51.7 Å². The zero-order valence-corrected chi connectivity index (χ0v) is 10.4. The third-order valence-electron chi connectivity index (χ3n) is 2.38. The predicted octanol–water partition coefficient (Wildman–Crippen LogP) is 4.22. The topological polar surface area (TPSA) is 33.0 Å². The number of hydrogen-bond acceptors (Lipinski definition) is 3. The quantitative estimate of drug-likeness (QED) is 0.845. The number of ether oxygens (including phenoxy) is 1. The Kier molecular flexibility index (Phi) is 3.76. The van der Waals surface area contributed by atoms with Crippen molar-refractivity contribution >= 4 is 11.3 Å². The number of nitriles is 1. The van der Waals surface area contributed by atoms with Gasteiger partial charge in [-0.05, 0) is 29.6 Å². The number of benzene rings is 1. The highest BCUT2D eigenvalue weighted by Crippen LogP contribution is 2.32. The zero-order valence-electron chi connectivity index (χ0n) is 9.57. The number of rotatable bonds is 3. The molecule has 0 amide bonds. The van der Waals surface area contributed by atoms with Gasteiger partial charge in [-0.2, -0.15) is 18.4 Å². The maximum absolute atomic E-state index is 12.5. The SMILES string of the molecule is N#Cc1cc(C(F)(F)F)ccc1OCc1cccs1. The molecule has 0 N–H and O–H groups in total. The largest absolute Gasteiger partial charge is 0.487 e. The second-order valence-electron chi connectivity index (χ2n) is 3.69. The number of thiophene rings is 1. The van der Waals surface area contributed by atoms with Crippen LogP contribution in [0.1, 0.15) is 16.0 Å². The predicted molar refractivity (Wildman–Crippen MR) is 64.8 cm³/mol. The van der Waals surface area contributed by atoms with E-state index in [1.807, 2.05) is 17.5 Å². The van der Waals surface area contributed by atoms with E-state index in [0.717, 1.165) is 17.0 Å². The molecule has 98 valence electrons. The van der Waals surface area contributed by atoms with Crippen molar-refractivity contribution in [2.45, 2.75) is 12.8 Å². The van der Waals surface area contributed by atoms with Crippen molar-refractivity contribution in [2.24, 2.45) is 0 Å². The second-order valence-corrected chi connectivity index (χ2v) is 4.72. The minimum absolute atomic E-state index is 0.119. The van der Waals surface area contributed by atoms with Crippen LogP contribution in [0.5, 0.6) is 5.75 Å². The Labute approximate surface area is 111 Å². The Morgan fingerprint density at radius 3 is 2.63 bits per heavy atom. The molecule has 0 aliphatic rings. The van der Waals surface area contributed by atoms with E-state index in [2.05, 4.69) is 0 Å². The number of halogens is 3. The van der Waals surface area contributed by atoms with Gasteiger partial charge in [0.15, 0.2) is 0 Å². The Bertz CT molecular complexity index is 599. The van der Waals surface area contributed by atoms with E-state index >= 15 is 0 Å². The van der Waals surface area contributed by atoms with Crippen LogP contribution in [0.2, 0.25) is 0 Å². The van der Waals surface area contributed by atoms with E-state index in [9.17, 15) is 13.2 Å². The van der Waals surface area contributed by atoms with Crippen molar-refractivity contribution in [2.75, 3.05) is 0 Å². The first-order valence-corrected chi connectivity index (χ1v) is 6.15. The lowest BCUT2D eigenvalue weighted by Gasteiger charge is -2.10. The third-order valence-corrected chi connectivity index (χ3v) is 3.23. The monoisotopic (exact) mass is 283 g/mol. The van der Waals surface area contributed by atoms with Gasteiger partial charge in [-0.1, -0.05) is 6.07 Å². The van der Waals surface area contributed by atoms with Gasteiger partial charge in [0.1, 0.15) is 18.4 Å². The smallest absolute Gasteiger partial charge is 0.416 e. The number of hydrogen-bond donors (Lipinski definition) is 0. The summed E-state index contributed by atoms with van der Waals surface area (Å²) in [6, 6.07) is 8.29. The van der Waals surface area contributed by atoms with Crippen LogP contribution < -0.4 is 4.74 Å². The minimum atomic E-state index is -4.46. The maximum atomic E-state index is 12.5. The van der Waals surface area contributed by atoms with Gasteiger partial charge < -0.3 is 4.74 Å². The van der Waals surface area contributed by atoms with Gasteiger partial charge in [0.25, 0.3) is 0 Å². The Morgan fingerprint density at radius 1 is 1.26 bits per heavy atom. The Balaban J connectivity index is 2.20. The summed E-state index contributed by atoms with van der Waals surface area (Å²) < 4.78 is 42.9. The molecule has 2 nitrogen and oxygen atoms in total. The molecule has 1 aromatic carbocycles. The van der Waals surface area contributed by atoms with E-state index in [1.54, 1.807) is 6.07 Å². The highest BCUT2D eigenvalue weighted by Gasteiger charge is 2.31. The molecule has 0 spiro atoms. The summed E-state index contributed by atoms with van der Waals surface area (Å²) in [6.45, 7) is 0.234. The Hall–Kier alpha value is -2.00. The van der Waals surface area contributed by atoms with E-state index in [1.165, 1.54) is 17.4 Å². The van der Waals surface area contributed by atoms with E-state index < -0.39 is 11.7 Å². The van der Waals surface area contributed by atoms with Crippen molar-refractivity contribution in [3.8, 4) is 11.8 Å². The molecule has 0 aliphatic carbocycles. The van der Waals surface area contributed by atoms with Gasteiger partial charge in [0.05, 0.1) is 11.1 Å². The van der Waals surface area contributed by atoms with Crippen molar-refractivity contribution in [1.29, 1.82) is 5.26 Å². The van der Waals surface area contributed by atoms with E-state index in [0.29, 0.717) is 0 Å². The van der Waals surface area contributed by atoms with Crippen LogP contribution in [0.4, 0.5) is 13.2 Å². The molecule has 0 atom stereocenters. The van der Waals surface area contributed by atoms with Crippen LogP contribution in [0.3, 0.4) is 0 Å².